The van der Waals surface area contributed by atoms with Crippen LogP contribution in [0.5, 0.6) is 0 Å². The summed E-state index contributed by atoms with van der Waals surface area (Å²) in [6, 6.07) is 0.336. The summed E-state index contributed by atoms with van der Waals surface area (Å²) in [5, 5.41) is 14.1. The molecule has 2 heterocycles. The highest BCUT2D eigenvalue weighted by molar-refractivity contribution is 5.76. The van der Waals surface area contributed by atoms with Crippen molar-refractivity contribution in [3.05, 3.63) is 12.2 Å². The van der Waals surface area contributed by atoms with Crippen molar-refractivity contribution in [1.29, 1.82) is 0 Å². The number of hydrogen-bond acceptors (Lipinski definition) is 4. The van der Waals surface area contributed by atoms with Gasteiger partial charge in [0.25, 0.3) is 0 Å². The fourth-order valence-electron chi connectivity index (χ4n) is 2.25. The molecule has 6 heteroatoms. The van der Waals surface area contributed by atoms with Gasteiger partial charge in [0.05, 0.1) is 6.54 Å². The largest absolute Gasteiger partial charge is 0.349 e. The van der Waals surface area contributed by atoms with Crippen LogP contribution in [0, 0.1) is 0 Å². The number of carbonyl (C=O) groups excluding carboxylic acids is 1. The summed E-state index contributed by atoms with van der Waals surface area (Å²) < 4.78 is 1.93. The lowest BCUT2D eigenvalue weighted by atomic mass is 10.0. The molecule has 0 saturated carbocycles. The second kappa shape index (κ2) is 6.49. The maximum Gasteiger partial charge on any atom is 0.221 e. The molecule has 1 aliphatic rings. The molecule has 0 bridgehead atoms. The third-order valence-corrected chi connectivity index (χ3v) is 3.32. The van der Waals surface area contributed by atoms with Crippen LogP contribution in [0.2, 0.25) is 0 Å². The summed E-state index contributed by atoms with van der Waals surface area (Å²) in [7, 11) is 0. The first-order chi connectivity index (χ1) is 8.79. The first kappa shape index (κ1) is 13.0. The molecule has 6 nitrogen and oxygen atoms in total. The maximum atomic E-state index is 11.8. The van der Waals surface area contributed by atoms with Crippen LogP contribution in [0.3, 0.4) is 0 Å². The normalized spacial score (nSPS) is 19.7. The van der Waals surface area contributed by atoms with Gasteiger partial charge < -0.3 is 15.2 Å². The Kier molecular flexibility index (Phi) is 4.69. The van der Waals surface area contributed by atoms with E-state index in [2.05, 4.69) is 20.8 Å². The van der Waals surface area contributed by atoms with E-state index in [4.69, 9.17) is 0 Å². The molecule has 1 aliphatic heterocycles. The third kappa shape index (κ3) is 3.53. The van der Waals surface area contributed by atoms with E-state index < -0.39 is 0 Å². The summed E-state index contributed by atoms with van der Waals surface area (Å²) in [5.41, 5.74) is 0. The summed E-state index contributed by atoms with van der Waals surface area (Å²) in [6.45, 7) is 4.34. The van der Waals surface area contributed by atoms with Gasteiger partial charge in [-0.3, -0.25) is 4.79 Å². The molecule has 2 N–H and O–H groups in total. The number of piperidine rings is 1. The standard InChI is InChI=1S/C12H21N5O/c1-2-17-9-15-16-11(17)8-14-12(18)7-10-5-3-4-6-13-10/h9-10,13H,2-8H2,1H3,(H,14,18). The molecular formula is C12H21N5O. The van der Waals surface area contributed by atoms with Crippen LogP contribution in [0.4, 0.5) is 0 Å². The number of nitrogens with one attached hydrogen (secondary N) is 2. The molecular weight excluding hydrogens is 230 g/mol. The molecule has 1 atom stereocenters. The van der Waals surface area contributed by atoms with Crippen molar-refractivity contribution in [2.24, 2.45) is 0 Å². The highest BCUT2D eigenvalue weighted by Gasteiger charge is 2.16. The van der Waals surface area contributed by atoms with Crippen molar-refractivity contribution in [1.82, 2.24) is 25.4 Å². The van der Waals surface area contributed by atoms with Crippen molar-refractivity contribution in [3.63, 3.8) is 0 Å². The number of carbonyl (C=O) groups is 1. The van der Waals surface area contributed by atoms with Gasteiger partial charge in [-0.05, 0) is 26.3 Å². The second-order valence-corrected chi connectivity index (χ2v) is 4.66. The molecule has 18 heavy (non-hydrogen) atoms. The Morgan fingerprint density at radius 1 is 1.61 bits per heavy atom. The molecule has 1 saturated heterocycles. The monoisotopic (exact) mass is 251 g/mol. The van der Waals surface area contributed by atoms with Crippen LogP contribution in [-0.2, 0) is 17.9 Å². The summed E-state index contributed by atoms with van der Waals surface area (Å²) in [5.74, 6) is 0.891. The topological polar surface area (TPSA) is 71.8 Å². The van der Waals surface area contributed by atoms with E-state index in [1.165, 1.54) is 12.8 Å². The molecule has 0 aliphatic carbocycles. The van der Waals surface area contributed by atoms with Crippen molar-refractivity contribution < 1.29 is 4.79 Å². The first-order valence-corrected chi connectivity index (χ1v) is 6.66. The molecule has 1 unspecified atom stereocenters. The van der Waals surface area contributed by atoms with E-state index in [-0.39, 0.29) is 5.91 Å². The van der Waals surface area contributed by atoms with E-state index in [1.54, 1.807) is 6.33 Å². The predicted octanol–water partition coefficient (Wildman–Crippen LogP) is 0.446. The summed E-state index contributed by atoms with van der Waals surface area (Å²) in [4.78, 5) is 11.8. The molecule has 0 spiro atoms. The fourth-order valence-corrected chi connectivity index (χ4v) is 2.25. The molecule has 2 rings (SSSR count). The first-order valence-electron chi connectivity index (χ1n) is 6.66. The lowest BCUT2D eigenvalue weighted by Crippen LogP contribution is -2.38. The van der Waals surface area contributed by atoms with Gasteiger partial charge in [0.1, 0.15) is 6.33 Å². The van der Waals surface area contributed by atoms with Crippen molar-refractivity contribution in [2.45, 2.75) is 51.7 Å². The van der Waals surface area contributed by atoms with E-state index in [0.29, 0.717) is 19.0 Å². The maximum absolute atomic E-state index is 11.8. The smallest absolute Gasteiger partial charge is 0.221 e. The van der Waals surface area contributed by atoms with Gasteiger partial charge in [0.15, 0.2) is 5.82 Å². The van der Waals surface area contributed by atoms with Gasteiger partial charge in [-0.25, -0.2) is 0 Å². The lowest BCUT2D eigenvalue weighted by molar-refractivity contribution is -0.121. The lowest BCUT2D eigenvalue weighted by Gasteiger charge is -2.22. The summed E-state index contributed by atoms with van der Waals surface area (Å²) in [6.07, 6.45) is 5.77. The third-order valence-electron chi connectivity index (χ3n) is 3.32. The van der Waals surface area contributed by atoms with E-state index in [9.17, 15) is 4.79 Å². The van der Waals surface area contributed by atoms with Gasteiger partial charge in [-0.1, -0.05) is 6.42 Å². The summed E-state index contributed by atoms with van der Waals surface area (Å²) >= 11 is 0. The van der Waals surface area contributed by atoms with Gasteiger partial charge in [0, 0.05) is 19.0 Å². The molecule has 1 aromatic rings. The van der Waals surface area contributed by atoms with Crippen LogP contribution in [0.1, 0.15) is 38.4 Å². The molecule has 1 aromatic heterocycles. The minimum atomic E-state index is 0.0834. The number of hydrogen-bond donors (Lipinski definition) is 2. The zero-order valence-electron chi connectivity index (χ0n) is 10.9. The minimum absolute atomic E-state index is 0.0834. The molecule has 100 valence electrons. The number of amides is 1. The predicted molar refractivity (Wildman–Crippen MR) is 67.8 cm³/mol. The Morgan fingerprint density at radius 3 is 3.22 bits per heavy atom. The van der Waals surface area contributed by atoms with E-state index in [0.717, 1.165) is 25.3 Å². The van der Waals surface area contributed by atoms with E-state index >= 15 is 0 Å². The van der Waals surface area contributed by atoms with Gasteiger partial charge in [0.2, 0.25) is 5.91 Å². The number of aromatic nitrogens is 3. The Balaban J connectivity index is 1.74. The van der Waals surface area contributed by atoms with Crippen LogP contribution in [-0.4, -0.2) is 33.3 Å². The van der Waals surface area contributed by atoms with Gasteiger partial charge >= 0.3 is 0 Å². The SMILES string of the molecule is CCn1cnnc1CNC(=O)CC1CCCCN1. The highest BCUT2D eigenvalue weighted by Crippen LogP contribution is 2.09. The number of aryl methyl sites for hydroxylation is 1. The Morgan fingerprint density at radius 2 is 2.50 bits per heavy atom. The molecule has 0 radical (unpaired) electrons. The quantitative estimate of drug-likeness (QED) is 0.797. The van der Waals surface area contributed by atoms with Gasteiger partial charge in [-0.2, -0.15) is 0 Å². The average Bonchev–Trinajstić information content (AvgIpc) is 2.85. The number of rotatable bonds is 5. The van der Waals surface area contributed by atoms with Gasteiger partial charge in [-0.15, -0.1) is 10.2 Å². The highest BCUT2D eigenvalue weighted by atomic mass is 16.1. The van der Waals surface area contributed by atoms with Crippen LogP contribution in [0.15, 0.2) is 6.33 Å². The minimum Gasteiger partial charge on any atom is -0.349 e. The molecule has 0 aromatic carbocycles. The van der Waals surface area contributed by atoms with Crippen molar-refractivity contribution >= 4 is 5.91 Å². The van der Waals surface area contributed by atoms with Crippen molar-refractivity contribution in [3.8, 4) is 0 Å². The zero-order valence-corrected chi connectivity index (χ0v) is 10.9. The second-order valence-electron chi connectivity index (χ2n) is 4.66. The Bertz CT molecular complexity index is 384. The van der Waals surface area contributed by atoms with Crippen LogP contribution in [0.25, 0.3) is 0 Å². The Hall–Kier alpha value is -1.43. The van der Waals surface area contributed by atoms with Crippen LogP contribution >= 0.6 is 0 Å². The fraction of sp³-hybridized carbons (Fsp3) is 0.750. The Labute approximate surface area is 107 Å². The molecule has 1 amide bonds. The van der Waals surface area contributed by atoms with Crippen LogP contribution < -0.4 is 10.6 Å². The average molecular weight is 251 g/mol. The van der Waals surface area contributed by atoms with E-state index in [1.807, 2.05) is 11.5 Å². The molecule has 1 fully saturated rings. The zero-order chi connectivity index (χ0) is 12.8. The van der Waals surface area contributed by atoms with Crippen molar-refractivity contribution in [2.75, 3.05) is 6.54 Å². The number of nitrogens with zero attached hydrogens (tertiary/aromatic N) is 3.